The Kier molecular flexibility index (Phi) is 10.3. The van der Waals surface area contributed by atoms with E-state index in [-0.39, 0.29) is 43.9 Å². The maximum atomic E-state index is 13.4. The Morgan fingerprint density at radius 1 is 0.658 bits per heavy atom. The summed E-state index contributed by atoms with van der Waals surface area (Å²) in [5, 5.41) is 11.2. The SMILES string of the molecule is CCC[C@@H]1O[C@H](COCc2ccc(F)cc2)[C@@H](OCc2ccc(F)cc2)[C@H](OCc2ccc(F)cc2)[C@H]1O. The lowest BCUT2D eigenvalue weighted by atomic mass is 9.92. The number of hydrogen-bond acceptors (Lipinski definition) is 5. The molecule has 204 valence electrons. The van der Waals surface area contributed by atoms with Crippen molar-refractivity contribution in [3.8, 4) is 0 Å². The lowest BCUT2D eigenvalue weighted by molar-refractivity contribution is -0.262. The van der Waals surface area contributed by atoms with Crippen LogP contribution in [0.1, 0.15) is 36.5 Å². The third-order valence-corrected chi connectivity index (χ3v) is 6.51. The van der Waals surface area contributed by atoms with Crippen molar-refractivity contribution < 1.29 is 37.2 Å². The molecule has 0 amide bonds. The summed E-state index contributed by atoms with van der Waals surface area (Å²) in [6.45, 7) is 2.67. The molecule has 0 radical (unpaired) electrons. The third-order valence-electron chi connectivity index (χ3n) is 6.51. The average Bonchev–Trinajstić information content (AvgIpc) is 2.92. The molecule has 0 aromatic heterocycles. The van der Waals surface area contributed by atoms with Gasteiger partial charge in [0, 0.05) is 0 Å². The van der Waals surface area contributed by atoms with E-state index in [4.69, 9.17) is 18.9 Å². The van der Waals surface area contributed by atoms with Gasteiger partial charge in [0.05, 0.1) is 32.5 Å². The molecular weight excluding hydrogens is 497 g/mol. The summed E-state index contributed by atoms with van der Waals surface area (Å²) in [5.41, 5.74) is 2.30. The van der Waals surface area contributed by atoms with Crippen LogP contribution >= 0.6 is 0 Å². The van der Waals surface area contributed by atoms with Crippen LogP contribution in [-0.4, -0.2) is 42.2 Å². The van der Waals surface area contributed by atoms with Crippen LogP contribution in [0.25, 0.3) is 0 Å². The van der Waals surface area contributed by atoms with Crippen LogP contribution in [0.3, 0.4) is 0 Å². The first-order chi connectivity index (χ1) is 18.4. The molecule has 1 saturated heterocycles. The summed E-state index contributed by atoms with van der Waals surface area (Å²) < 4.78 is 64.6. The predicted octanol–water partition coefficient (Wildman–Crippen LogP) is 5.72. The Labute approximate surface area is 221 Å². The highest BCUT2D eigenvalue weighted by Crippen LogP contribution is 2.30. The van der Waals surface area contributed by atoms with E-state index in [2.05, 4.69) is 0 Å². The van der Waals surface area contributed by atoms with Crippen molar-refractivity contribution in [2.24, 2.45) is 0 Å². The van der Waals surface area contributed by atoms with Gasteiger partial charge in [0.25, 0.3) is 0 Å². The number of hydrogen-bond donors (Lipinski definition) is 1. The Bertz CT molecular complexity index is 1110. The first kappa shape index (κ1) is 28.3. The fourth-order valence-electron chi connectivity index (χ4n) is 4.47. The molecule has 5 nitrogen and oxygen atoms in total. The molecule has 0 unspecified atom stereocenters. The van der Waals surface area contributed by atoms with Crippen molar-refractivity contribution in [1.29, 1.82) is 0 Å². The van der Waals surface area contributed by atoms with Crippen molar-refractivity contribution in [3.63, 3.8) is 0 Å². The molecule has 38 heavy (non-hydrogen) atoms. The Morgan fingerprint density at radius 2 is 1.11 bits per heavy atom. The number of aliphatic hydroxyl groups is 1. The molecule has 3 aromatic carbocycles. The van der Waals surface area contributed by atoms with Crippen molar-refractivity contribution in [2.75, 3.05) is 6.61 Å². The van der Waals surface area contributed by atoms with Crippen molar-refractivity contribution in [1.82, 2.24) is 0 Å². The van der Waals surface area contributed by atoms with Crippen LogP contribution in [0.15, 0.2) is 72.8 Å². The normalized spacial score (nSPS) is 23.4. The maximum Gasteiger partial charge on any atom is 0.123 e. The molecule has 4 rings (SSSR count). The molecule has 5 atom stereocenters. The predicted molar refractivity (Wildman–Crippen MR) is 136 cm³/mol. The van der Waals surface area contributed by atoms with Gasteiger partial charge in [0.15, 0.2) is 0 Å². The zero-order valence-electron chi connectivity index (χ0n) is 21.3. The number of aliphatic hydroxyl groups excluding tert-OH is 1. The van der Waals surface area contributed by atoms with Crippen LogP contribution in [0, 0.1) is 17.5 Å². The summed E-state index contributed by atoms with van der Waals surface area (Å²) in [7, 11) is 0. The summed E-state index contributed by atoms with van der Waals surface area (Å²) in [5.74, 6) is -1.02. The minimum atomic E-state index is -0.970. The smallest absolute Gasteiger partial charge is 0.123 e. The van der Waals surface area contributed by atoms with E-state index in [0.29, 0.717) is 6.42 Å². The van der Waals surface area contributed by atoms with E-state index in [1.165, 1.54) is 36.4 Å². The summed E-state index contributed by atoms with van der Waals surface area (Å²) in [6.07, 6.45) is -2.12. The highest BCUT2D eigenvalue weighted by Gasteiger charge is 2.46. The first-order valence-electron chi connectivity index (χ1n) is 12.8. The van der Waals surface area contributed by atoms with Gasteiger partial charge in [-0.3, -0.25) is 0 Å². The molecule has 1 heterocycles. The number of rotatable bonds is 12. The van der Waals surface area contributed by atoms with E-state index in [9.17, 15) is 18.3 Å². The molecule has 1 fully saturated rings. The molecule has 0 aliphatic carbocycles. The topological polar surface area (TPSA) is 57.2 Å². The Balaban J connectivity index is 1.51. The summed E-state index contributed by atoms with van der Waals surface area (Å²) >= 11 is 0. The van der Waals surface area contributed by atoms with Crippen LogP contribution in [0.2, 0.25) is 0 Å². The molecule has 1 aliphatic heterocycles. The molecule has 1 aliphatic rings. The second-order valence-corrected chi connectivity index (χ2v) is 9.44. The monoisotopic (exact) mass is 530 g/mol. The Morgan fingerprint density at radius 3 is 1.58 bits per heavy atom. The highest BCUT2D eigenvalue weighted by molar-refractivity contribution is 5.17. The fraction of sp³-hybridized carbons (Fsp3) is 0.400. The van der Waals surface area contributed by atoms with Crippen LogP contribution < -0.4 is 0 Å². The minimum absolute atomic E-state index is 0.139. The van der Waals surface area contributed by atoms with Gasteiger partial charge >= 0.3 is 0 Å². The van der Waals surface area contributed by atoms with E-state index in [1.54, 1.807) is 36.4 Å². The van der Waals surface area contributed by atoms with Crippen molar-refractivity contribution in [3.05, 3.63) is 107 Å². The van der Waals surface area contributed by atoms with Crippen molar-refractivity contribution in [2.45, 2.75) is 70.1 Å². The highest BCUT2D eigenvalue weighted by atomic mass is 19.1. The average molecular weight is 531 g/mol. The zero-order valence-corrected chi connectivity index (χ0v) is 21.3. The standard InChI is InChI=1S/C30H33F3O5/c1-2-3-26-28(34)30(37-18-22-8-14-25(33)15-9-22)29(36-17-21-6-12-24(32)13-7-21)27(38-26)19-35-16-20-4-10-23(31)11-5-20/h4-15,26-30,34H,2-3,16-19H2,1H3/t26-,27+,28-,29+,30+/m0/s1. The molecular formula is C30H33F3O5. The maximum absolute atomic E-state index is 13.4. The van der Waals surface area contributed by atoms with Crippen LogP contribution in [0.4, 0.5) is 13.2 Å². The number of benzene rings is 3. The second kappa shape index (κ2) is 13.9. The molecule has 0 saturated carbocycles. The molecule has 3 aromatic rings. The van der Waals surface area contributed by atoms with Crippen molar-refractivity contribution >= 4 is 0 Å². The van der Waals surface area contributed by atoms with Crippen LogP contribution in [-0.2, 0) is 38.8 Å². The van der Waals surface area contributed by atoms with E-state index in [0.717, 1.165) is 23.1 Å². The lowest BCUT2D eigenvalue weighted by Crippen LogP contribution is -2.60. The molecule has 8 heteroatoms. The van der Waals surface area contributed by atoms with E-state index in [1.807, 2.05) is 6.92 Å². The van der Waals surface area contributed by atoms with Gasteiger partial charge in [-0.15, -0.1) is 0 Å². The first-order valence-corrected chi connectivity index (χ1v) is 12.8. The van der Waals surface area contributed by atoms with Crippen LogP contribution in [0.5, 0.6) is 0 Å². The van der Waals surface area contributed by atoms with Gasteiger partial charge in [0.2, 0.25) is 0 Å². The van der Waals surface area contributed by atoms with Gasteiger partial charge in [-0.05, 0) is 59.5 Å². The number of ether oxygens (including phenoxy) is 4. The molecule has 0 spiro atoms. The summed E-state index contributed by atoms with van der Waals surface area (Å²) in [4.78, 5) is 0. The third kappa shape index (κ3) is 7.88. The quantitative estimate of drug-likeness (QED) is 0.325. The van der Waals surface area contributed by atoms with Gasteiger partial charge in [0.1, 0.15) is 41.9 Å². The Hall–Kier alpha value is -2.75. The van der Waals surface area contributed by atoms with Gasteiger partial charge in [-0.2, -0.15) is 0 Å². The van der Waals surface area contributed by atoms with Gasteiger partial charge < -0.3 is 24.1 Å². The lowest BCUT2D eigenvalue weighted by Gasteiger charge is -2.44. The van der Waals surface area contributed by atoms with Gasteiger partial charge in [-0.25, -0.2) is 13.2 Å². The van der Waals surface area contributed by atoms with Gasteiger partial charge in [-0.1, -0.05) is 49.7 Å². The van der Waals surface area contributed by atoms with E-state index >= 15 is 0 Å². The van der Waals surface area contributed by atoms with E-state index < -0.39 is 30.5 Å². The molecule has 1 N–H and O–H groups in total. The molecule has 0 bridgehead atoms. The second-order valence-electron chi connectivity index (χ2n) is 9.44. The largest absolute Gasteiger partial charge is 0.388 e. The number of halogens is 3. The fourth-order valence-corrected chi connectivity index (χ4v) is 4.47. The minimum Gasteiger partial charge on any atom is -0.388 e. The summed E-state index contributed by atoms with van der Waals surface area (Å²) in [6, 6.07) is 18.0. The zero-order chi connectivity index (χ0) is 26.9.